The number of carbonyl (C=O) groups excluding carboxylic acids is 1. The first kappa shape index (κ1) is 29.3. The Labute approximate surface area is 247 Å². The molecule has 1 fully saturated rings. The number of allylic oxidation sites excluding steroid dienone is 3. The smallest absolute Gasteiger partial charge is 0.309 e. The third-order valence-corrected chi connectivity index (χ3v) is 8.28. The number of esters is 1. The van der Waals surface area contributed by atoms with Gasteiger partial charge >= 0.3 is 5.97 Å². The number of aliphatic hydroxyl groups excluding tert-OH is 1. The lowest BCUT2D eigenvalue weighted by atomic mass is 9.80. The van der Waals surface area contributed by atoms with Gasteiger partial charge in [-0.3, -0.25) is 4.79 Å². The van der Waals surface area contributed by atoms with Crippen LogP contribution in [0.3, 0.4) is 0 Å². The Hall–Kier alpha value is -3.22. The Bertz CT molecular complexity index is 1240. The molecule has 6 heteroatoms. The summed E-state index contributed by atoms with van der Waals surface area (Å²) in [6.07, 6.45) is 4.22. The monoisotopic (exact) mass is 572 g/mol. The van der Waals surface area contributed by atoms with Crippen LogP contribution in [0.5, 0.6) is 0 Å². The minimum absolute atomic E-state index is 0.115. The molecule has 41 heavy (non-hydrogen) atoms. The van der Waals surface area contributed by atoms with Crippen molar-refractivity contribution in [1.29, 1.82) is 0 Å². The molecule has 2 heterocycles. The molecule has 5 nitrogen and oxygen atoms in total. The lowest BCUT2D eigenvalue weighted by molar-refractivity contribution is -0.157. The molecule has 3 aromatic carbocycles. The second-order valence-corrected chi connectivity index (χ2v) is 11.2. The van der Waals surface area contributed by atoms with Gasteiger partial charge in [-0.05, 0) is 48.4 Å². The topological polar surface area (TPSA) is 65.0 Å². The molecule has 2 bridgehead atoms. The Morgan fingerprint density at radius 3 is 2.02 bits per heavy atom. The van der Waals surface area contributed by atoms with E-state index in [1.165, 1.54) is 0 Å². The zero-order valence-corrected chi connectivity index (χ0v) is 24.1. The molecule has 0 amide bonds. The third kappa shape index (κ3) is 6.99. The molecule has 0 radical (unpaired) electrons. The van der Waals surface area contributed by atoms with Crippen LogP contribution in [0.25, 0.3) is 0 Å². The molecule has 2 aliphatic rings. The number of fused-ring (bicyclic) bond motifs is 2. The molecule has 0 aliphatic carbocycles. The standard InChI is InChI=1S/C35H37ClO5/c1-25-12-11-19-29(36)20-21-30-22-32(41-34(38)23-31(25)37)33(40-30)24-39-35(26-13-5-2-6-14-26,27-15-7-3-8-16-27)28-17-9-4-10-18-28/h2-10,12-19,30-33,37H,11,20-24H2,1H3/b25-12-,29-19-/t30-,31+,32-,33-/m1/s1. The van der Waals surface area contributed by atoms with Crippen molar-refractivity contribution in [2.24, 2.45) is 0 Å². The van der Waals surface area contributed by atoms with Crippen molar-refractivity contribution in [2.75, 3.05) is 6.61 Å². The van der Waals surface area contributed by atoms with E-state index in [9.17, 15) is 9.90 Å². The Morgan fingerprint density at radius 1 is 0.902 bits per heavy atom. The molecule has 2 aliphatic heterocycles. The highest BCUT2D eigenvalue weighted by Gasteiger charge is 2.43. The first-order valence-electron chi connectivity index (χ1n) is 14.3. The number of halogens is 1. The fourth-order valence-corrected chi connectivity index (χ4v) is 5.88. The van der Waals surface area contributed by atoms with Crippen LogP contribution in [0.15, 0.2) is 114 Å². The molecule has 1 saturated heterocycles. The van der Waals surface area contributed by atoms with Crippen molar-refractivity contribution in [3.63, 3.8) is 0 Å². The largest absolute Gasteiger partial charge is 0.459 e. The SMILES string of the molecule is C/C1=C/C/C=C(\Cl)CC[C@@H]2C[C@@H](OC(=O)C[C@@H]1O)[C@@H](COC(c1ccccc1)(c1ccccc1)c1ccccc1)O2. The van der Waals surface area contributed by atoms with Gasteiger partial charge in [-0.2, -0.15) is 0 Å². The first-order chi connectivity index (χ1) is 20.0. The van der Waals surface area contributed by atoms with Crippen LogP contribution in [0, 0.1) is 0 Å². The van der Waals surface area contributed by atoms with E-state index in [0.29, 0.717) is 25.7 Å². The molecule has 1 N–H and O–H groups in total. The minimum Gasteiger partial charge on any atom is -0.459 e. The number of rotatable bonds is 6. The number of hydrogen-bond donors (Lipinski definition) is 1. The number of ether oxygens (including phenoxy) is 3. The maximum atomic E-state index is 12.9. The van der Waals surface area contributed by atoms with E-state index < -0.39 is 29.9 Å². The molecular formula is C35H37ClO5. The number of hydrogen-bond acceptors (Lipinski definition) is 5. The average molecular weight is 573 g/mol. The average Bonchev–Trinajstić information content (AvgIpc) is 3.38. The minimum atomic E-state index is -0.914. The van der Waals surface area contributed by atoms with E-state index in [4.69, 9.17) is 25.8 Å². The molecular weight excluding hydrogens is 536 g/mol. The van der Waals surface area contributed by atoms with E-state index in [1.807, 2.05) is 73.7 Å². The van der Waals surface area contributed by atoms with Gasteiger partial charge in [0.15, 0.2) is 0 Å². The van der Waals surface area contributed by atoms with Crippen LogP contribution < -0.4 is 0 Å². The summed E-state index contributed by atoms with van der Waals surface area (Å²) in [6, 6.07) is 30.5. The highest BCUT2D eigenvalue weighted by molar-refractivity contribution is 6.29. The summed E-state index contributed by atoms with van der Waals surface area (Å²) in [4.78, 5) is 12.9. The highest BCUT2D eigenvalue weighted by Crippen LogP contribution is 2.41. The van der Waals surface area contributed by atoms with Gasteiger partial charge in [0.2, 0.25) is 0 Å². The van der Waals surface area contributed by atoms with Gasteiger partial charge in [0.05, 0.1) is 25.2 Å². The summed E-state index contributed by atoms with van der Waals surface area (Å²) < 4.78 is 19.4. The maximum Gasteiger partial charge on any atom is 0.309 e. The van der Waals surface area contributed by atoms with Crippen LogP contribution >= 0.6 is 11.6 Å². The van der Waals surface area contributed by atoms with Crippen molar-refractivity contribution in [3.05, 3.63) is 130 Å². The van der Waals surface area contributed by atoms with Crippen LogP contribution in [0.4, 0.5) is 0 Å². The molecule has 214 valence electrons. The molecule has 0 saturated carbocycles. The van der Waals surface area contributed by atoms with Crippen LogP contribution in [-0.2, 0) is 24.6 Å². The Balaban J connectivity index is 1.47. The first-order valence-corrected chi connectivity index (χ1v) is 14.7. The normalized spacial score (nSPS) is 26.7. The van der Waals surface area contributed by atoms with Gasteiger partial charge < -0.3 is 19.3 Å². The van der Waals surface area contributed by atoms with E-state index in [1.54, 1.807) is 0 Å². The summed E-state index contributed by atoms with van der Waals surface area (Å²) in [5.41, 5.74) is 2.77. The number of aliphatic hydroxyl groups is 1. The lowest BCUT2D eigenvalue weighted by Crippen LogP contribution is -2.39. The second kappa shape index (κ2) is 13.6. The molecule has 0 spiro atoms. The fourth-order valence-electron chi connectivity index (χ4n) is 5.68. The quantitative estimate of drug-likeness (QED) is 0.194. The summed E-state index contributed by atoms with van der Waals surface area (Å²) in [7, 11) is 0. The van der Waals surface area contributed by atoms with Crippen molar-refractivity contribution in [3.8, 4) is 0 Å². The highest BCUT2D eigenvalue weighted by atomic mass is 35.5. The lowest BCUT2D eigenvalue weighted by Gasteiger charge is -2.37. The predicted octanol–water partition coefficient (Wildman–Crippen LogP) is 7.07. The summed E-state index contributed by atoms with van der Waals surface area (Å²) >= 11 is 6.49. The zero-order chi connectivity index (χ0) is 28.7. The van der Waals surface area contributed by atoms with Crippen molar-refractivity contribution >= 4 is 17.6 Å². The van der Waals surface area contributed by atoms with E-state index >= 15 is 0 Å². The van der Waals surface area contributed by atoms with Gasteiger partial charge in [-0.25, -0.2) is 0 Å². The van der Waals surface area contributed by atoms with Gasteiger partial charge in [-0.15, -0.1) is 0 Å². The van der Waals surface area contributed by atoms with Gasteiger partial charge in [-0.1, -0.05) is 115 Å². The Morgan fingerprint density at radius 2 is 1.46 bits per heavy atom. The molecule has 3 aromatic rings. The number of carbonyl (C=O) groups is 1. The molecule has 5 rings (SSSR count). The van der Waals surface area contributed by atoms with Crippen molar-refractivity contribution < 1.29 is 24.1 Å². The van der Waals surface area contributed by atoms with Gasteiger partial charge in [0.1, 0.15) is 17.8 Å². The molecule has 4 atom stereocenters. The Kier molecular flexibility index (Phi) is 9.73. The fraction of sp³-hybridized carbons (Fsp3) is 0.343. The molecule has 0 unspecified atom stereocenters. The summed E-state index contributed by atoms with van der Waals surface area (Å²) in [5.74, 6) is -0.449. The predicted molar refractivity (Wildman–Crippen MR) is 160 cm³/mol. The van der Waals surface area contributed by atoms with E-state index in [0.717, 1.165) is 27.3 Å². The van der Waals surface area contributed by atoms with Crippen LogP contribution in [-0.4, -0.2) is 42.1 Å². The van der Waals surface area contributed by atoms with E-state index in [2.05, 4.69) is 36.4 Å². The summed E-state index contributed by atoms with van der Waals surface area (Å²) in [5, 5.41) is 11.3. The van der Waals surface area contributed by atoms with Crippen molar-refractivity contribution in [1.82, 2.24) is 0 Å². The van der Waals surface area contributed by atoms with Crippen LogP contribution in [0.1, 0.15) is 55.7 Å². The van der Waals surface area contributed by atoms with Gasteiger partial charge in [0, 0.05) is 11.5 Å². The third-order valence-electron chi connectivity index (χ3n) is 7.93. The van der Waals surface area contributed by atoms with Crippen LogP contribution in [0.2, 0.25) is 0 Å². The second-order valence-electron chi connectivity index (χ2n) is 10.7. The van der Waals surface area contributed by atoms with Crippen molar-refractivity contribution in [2.45, 2.75) is 69.0 Å². The molecule has 0 aromatic heterocycles. The zero-order valence-electron chi connectivity index (χ0n) is 23.3. The number of benzene rings is 3. The van der Waals surface area contributed by atoms with Gasteiger partial charge in [0.25, 0.3) is 0 Å². The maximum absolute atomic E-state index is 12.9. The summed E-state index contributed by atoms with van der Waals surface area (Å²) in [6.45, 7) is 2.01. The van der Waals surface area contributed by atoms with E-state index in [-0.39, 0.29) is 19.1 Å².